The quantitative estimate of drug-likeness (QED) is 0.852. The average Bonchev–Trinajstić information content (AvgIpc) is 2.46. The molecule has 1 aliphatic rings. The Balaban J connectivity index is 2.17. The van der Waals surface area contributed by atoms with Gasteiger partial charge >= 0.3 is 0 Å². The van der Waals surface area contributed by atoms with Crippen LogP contribution in [0.15, 0.2) is 6.07 Å². The summed E-state index contributed by atoms with van der Waals surface area (Å²) in [5.74, 6) is 2.91. The van der Waals surface area contributed by atoms with Crippen molar-refractivity contribution in [3.63, 3.8) is 0 Å². The van der Waals surface area contributed by atoms with Crippen LogP contribution in [0, 0.1) is 0 Å². The van der Waals surface area contributed by atoms with Crippen LogP contribution in [-0.4, -0.2) is 42.8 Å². The molecule has 2 rings (SSSR count). The van der Waals surface area contributed by atoms with Crippen molar-refractivity contribution in [2.24, 2.45) is 0 Å². The summed E-state index contributed by atoms with van der Waals surface area (Å²) in [5.41, 5.74) is 0. The third-order valence-electron chi connectivity index (χ3n) is 3.12. The van der Waals surface area contributed by atoms with Crippen molar-refractivity contribution in [3.05, 3.63) is 11.9 Å². The molecule has 1 saturated heterocycles. The topological polar surface area (TPSA) is 50.3 Å². The van der Waals surface area contributed by atoms with E-state index >= 15 is 0 Å². The van der Waals surface area contributed by atoms with E-state index in [0.29, 0.717) is 0 Å². The Morgan fingerprint density at radius 1 is 1.21 bits per heavy atom. The van der Waals surface area contributed by atoms with Crippen molar-refractivity contribution in [2.75, 3.05) is 43.1 Å². The molecule has 0 radical (unpaired) electrons. The molecule has 1 aliphatic heterocycles. The molecule has 1 aromatic heterocycles. The van der Waals surface area contributed by atoms with Crippen molar-refractivity contribution in [1.82, 2.24) is 9.97 Å². The normalized spacial score (nSPS) is 15.6. The van der Waals surface area contributed by atoms with Gasteiger partial charge in [0.05, 0.1) is 13.2 Å². The zero-order valence-corrected chi connectivity index (χ0v) is 12.0. The molecule has 0 aromatic carbocycles. The van der Waals surface area contributed by atoms with E-state index in [2.05, 4.69) is 40.1 Å². The zero-order chi connectivity index (χ0) is 13.5. The first-order valence-corrected chi connectivity index (χ1v) is 7.28. The van der Waals surface area contributed by atoms with Crippen LogP contribution in [0.4, 0.5) is 11.6 Å². The highest BCUT2D eigenvalue weighted by molar-refractivity contribution is 5.49. The van der Waals surface area contributed by atoms with E-state index in [1.54, 1.807) is 0 Å². The standard InChI is InChI=1S/C14H24N4O/c1-3-5-12-16-13(15-6-4-2)11-14(17-12)18-7-9-19-10-8-18/h11H,3-10H2,1-2H3,(H,15,16,17). The van der Waals surface area contributed by atoms with Gasteiger partial charge in [0.1, 0.15) is 17.5 Å². The summed E-state index contributed by atoms with van der Waals surface area (Å²) in [6.07, 6.45) is 3.10. The summed E-state index contributed by atoms with van der Waals surface area (Å²) < 4.78 is 5.39. The molecule has 0 spiro atoms. The molecule has 19 heavy (non-hydrogen) atoms. The van der Waals surface area contributed by atoms with Crippen molar-refractivity contribution in [2.45, 2.75) is 33.1 Å². The van der Waals surface area contributed by atoms with Gasteiger partial charge in [0, 0.05) is 32.1 Å². The molecular weight excluding hydrogens is 240 g/mol. The fourth-order valence-electron chi connectivity index (χ4n) is 2.12. The molecule has 0 saturated carbocycles. The lowest BCUT2D eigenvalue weighted by molar-refractivity contribution is 0.122. The van der Waals surface area contributed by atoms with E-state index in [0.717, 1.165) is 69.6 Å². The van der Waals surface area contributed by atoms with E-state index in [4.69, 9.17) is 4.74 Å². The molecule has 2 heterocycles. The van der Waals surface area contributed by atoms with Crippen LogP contribution in [-0.2, 0) is 11.2 Å². The van der Waals surface area contributed by atoms with Crippen LogP contribution >= 0.6 is 0 Å². The lowest BCUT2D eigenvalue weighted by Crippen LogP contribution is -2.37. The van der Waals surface area contributed by atoms with Crippen LogP contribution in [0.3, 0.4) is 0 Å². The first kappa shape index (κ1) is 14.1. The van der Waals surface area contributed by atoms with Gasteiger partial charge in [0.25, 0.3) is 0 Å². The van der Waals surface area contributed by atoms with Gasteiger partial charge < -0.3 is 15.0 Å². The minimum atomic E-state index is 0.783. The van der Waals surface area contributed by atoms with Crippen molar-refractivity contribution >= 4 is 11.6 Å². The van der Waals surface area contributed by atoms with Gasteiger partial charge in [-0.15, -0.1) is 0 Å². The van der Waals surface area contributed by atoms with Gasteiger partial charge in [-0.3, -0.25) is 0 Å². The zero-order valence-electron chi connectivity index (χ0n) is 12.0. The van der Waals surface area contributed by atoms with Gasteiger partial charge in [-0.25, -0.2) is 9.97 Å². The summed E-state index contributed by atoms with van der Waals surface area (Å²) >= 11 is 0. The van der Waals surface area contributed by atoms with Crippen LogP contribution < -0.4 is 10.2 Å². The number of morpholine rings is 1. The smallest absolute Gasteiger partial charge is 0.134 e. The number of aromatic nitrogens is 2. The second-order valence-electron chi connectivity index (χ2n) is 4.80. The SMILES string of the molecule is CCCNc1cc(N2CCOCC2)nc(CCC)n1. The first-order valence-electron chi connectivity index (χ1n) is 7.28. The molecule has 5 nitrogen and oxygen atoms in total. The molecule has 106 valence electrons. The summed E-state index contributed by atoms with van der Waals surface area (Å²) in [6, 6.07) is 2.06. The van der Waals surface area contributed by atoms with Crippen molar-refractivity contribution < 1.29 is 4.74 Å². The second kappa shape index (κ2) is 7.28. The number of hydrogen-bond acceptors (Lipinski definition) is 5. The summed E-state index contributed by atoms with van der Waals surface area (Å²) in [5, 5.41) is 3.36. The molecule has 0 amide bonds. The Morgan fingerprint density at radius 3 is 2.68 bits per heavy atom. The average molecular weight is 264 g/mol. The molecule has 0 atom stereocenters. The first-order chi connectivity index (χ1) is 9.33. The largest absolute Gasteiger partial charge is 0.378 e. The Labute approximate surface area is 115 Å². The van der Waals surface area contributed by atoms with E-state index in [1.807, 2.05) is 0 Å². The number of nitrogens with zero attached hydrogens (tertiary/aromatic N) is 3. The number of nitrogens with one attached hydrogen (secondary N) is 1. The highest BCUT2D eigenvalue weighted by Gasteiger charge is 2.14. The van der Waals surface area contributed by atoms with E-state index < -0.39 is 0 Å². The van der Waals surface area contributed by atoms with Crippen LogP contribution in [0.2, 0.25) is 0 Å². The predicted octanol–water partition coefficient (Wildman–Crippen LogP) is 2.09. The highest BCUT2D eigenvalue weighted by Crippen LogP contribution is 2.18. The number of anilines is 2. The molecular formula is C14H24N4O. The summed E-state index contributed by atoms with van der Waals surface area (Å²) in [4.78, 5) is 11.5. The fraction of sp³-hybridized carbons (Fsp3) is 0.714. The van der Waals surface area contributed by atoms with Crippen LogP contribution in [0.1, 0.15) is 32.5 Å². The Bertz CT molecular complexity index is 391. The lowest BCUT2D eigenvalue weighted by atomic mass is 10.3. The highest BCUT2D eigenvalue weighted by atomic mass is 16.5. The number of ether oxygens (including phenoxy) is 1. The minimum absolute atomic E-state index is 0.783. The van der Waals surface area contributed by atoms with Crippen molar-refractivity contribution in [1.29, 1.82) is 0 Å². The van der Waals surface area contributed by atoms with Crippen LogP contribution in [0.5, 0.6) is 0 Å². The van der Waals surface area contributed by atoms with Gasteiger partial charge in [0.2, 0.25) is 0 Å². The number of rotatable bonds is 6. The van der Waals surface area contributed by atoms with E-state index in [-0.39, 0.29) is 0 Å². The van der Waals surface area contributed by atoms with Gasteiger partial charge in [0.15, 0.2) is 0 Å². The maximum absolute atomic E-state index is 5.39. The molecule has 0 unspecified atom stereocenters. The Morgan fingerprint density at radius 2 is 2.00 bits per heavy atom. The molecule has 1 aromatic rings. The van der Waals surface area contributed by atoms with Gasteiger partial charge in [-0.05, 0) is 12.8 Å². The maximum Gasteiger partial charge on any atom is 0.134 e. The summed E-state index contributed by atoms with van der Waals surface area (Å²) in [7, 11) is 0. The predicted molar refractivity (Wildman–Crippen MR) is 77.8 cm³/mol. The molecule has 0 bridgehead atoms. The summed E-state index contributed by atoms with van der Waals surface area (Å²) in [6.45, 7) is 8.65. The third-order valence-corrected chi connectivity index (χ3v) is 3.12. The van der Waals surface area contributed by atoms with Gasteiger partial charge in [-0.1, -0.05) is 13.8 Å². The second-order valence-corrected chi connectivity index (χ2v) is 4.80. The molecule has 1 N–H and O–H groups in total. The maximum atomic E-state index is 5.39. The third kappa shape index (κ3) is 4.06. The Kier molecular flexibility index (Phi) is 5.39. The van der Waals surface area contributed by atoms with Crippen molar-refractivity contribution in [3.8, 4) is 0 Å². The molecule has 1 fully saturated rings. The van der Waals surface area contributed by atoms with Crippen LogP contribution in [0.25, 0.3) is 0 Å². The van der Waals surface area contributed by atoms with E-state index in [9.17, 15) is 0 Å². The van der Waals surface area contributed by atoms with Gasteiger partial charge in [-0.2, -0.15) is 0 Å². The Hall–Kier alpha value is -1.36. The minimum Gasteiger partial charge on any atom is -0.378 e. The number of hydrogen-bond donors (Lipinski definition) is 1. The molecule has 5 heteroatoms. The monoisotopic (exact) mass is 264 g/mol. The number of aryl methyl sites for hydroxylation is 1. The van der Waals surface area contributed by atoms with E-state index in [1.165, 1.54) is 0 Å². The molecule has 0 aliphatic carbocycles. The lowest BCUT2D eigenvalue weighted by Gasteiger charge is -2.28. The fourth-order valence-corrected chi connectivity index (χ4v) is 2.12.